The van der Waals surface area contributed by atoms with Gasteiger partial charge in [-0.15, -0.1) is 11.3 Å². The number of esters is 1. The van der Waals surface area contributed by atoms with Crippen molar-refractivity contribution in [3.8, 4) is 10.7 Å². The van der Waals surface area contributed by atoms with Crippen molar-refractivity contribution in [2.75, 3.05) is 6.61 Å². The van der Waals surface area contributed by atoms with Gasteiger partial charge in [0.05, 0.1) is 11.5 Å². The molecule has 0 aromatic carbocycles. The van der Waals surface area contributed by atoms with E-state index in [1.165, 1.54) is 11.3 Å². The van der Waals surface area contributed by atoms with Crippen molar-refractivity contribution in [1.82, 2.24) is 10.1 Å². The first-order valence-electron chi connectivity index (χ1n) is 4.81. The second kappa shape index (κ2) is 4.89. The number of hydrogen-bond donors (Lipinski definition) is 0. The largest absolute Gasteiger partial charge is 0.466 e. The second-order valence-electron chi connectivity index (χ2n) is 2.97. The molecule has 0 amide bonds. The van der Waals surface area contributed by atoms with Crippen molar-refractivity contribution < 1.29 is 14.1 Å². The van der Waals surface area contributed by atoms with Crippen molar-refractivity contribution in [3.05, 3.63) is 23.4 Å². The predicted octanol–water partition coefficient (Wildman–Crippen LogP) is 1.90. The number of ether oxygens (including phenoxy) is 1. The molecule has 0 saturated heterocycles. The van der Waals surface area contributed by atoms with E-state index in [1.807, 2.05) is 17.5 Å². The lowest BCUT2D eigenvalue weighted by atomic mass is 10.4. The Morgan fingerprint density at radius 2 is 2.50 bits per heavy atom. The minimum Gasteiger partial charge on any atom is -0.466 e. The molecule has 0 aliphatic rings. The summed E-state index contributed by atoms with van der Waals surface area (Å²) in [5, 5.41) is 5.72. The van der Waals surface area contributed by atoms with E-state index in [-0.39, 0.29) is 18.3 Å². The zero-order valence-corrected chi connectivity index (χ0v) is 9.49. The Hall–Kier alpha value is -1.69. The fourth-order valence-corrected chi connectivity index (χ4v) is 1.82. The van der Waals surface area contributed by atoms with Gasteiger partial charge in [-0.1, -0.05) is 11.2 Å². The lowest BCUT2D eigenvalue weighted by Crippen LogP contribution is -2.07. The number of thiophene rings is 1. The first-order chi connectivity index (χ1) is 7.79. The summed E-state index contributed by atoms with van der Waals surface area (Å²) < 4.78 is 9.73. The third kappa shape index (κ3) is 2.46. The van der Waals surface area contributed by atoms with Crippen LogP contribution < -0.4 is 0 Å². The lowest BCUT2D eigenvalue weighted by molar-refractivity contribution is -0.142. The Bertz CT molecular complexity index is 464. The smallest absolute Gasteiger partial charge is 0.315 e. The number of rotatable bonds is 4. The first kappa shape index (κ1) is 10.8. The minimum absolute atomic E-state index is 0.0201. The van der Waals surface area contributed by atoms with E-state index in [1.54, 1.807) is 6.92 Å². The summed E-state index contributed by atoms with van der Waals surface area (Å²) in [6.07, 6.45) is 0.0201. The lowest BCUT2D eigenvalue weighted by Gasteiger charge is -1.96. The average Bonchev–Trinajstić information content (AvgIpc) is 2.86. The molecule has 0 atom stereocenters. The van der Waals surface area contributed by atoms with Gasteiger partial charge >= 0.3 is 5.97 Å². The topological polar surface area (TPSA) is 65.2 Å². The molecule has 0 bridgehead atoms. The highest BCUT2D eigenvalue weighted by atomic mass is 32.1. The predicted molar refractivity (Wildman–Crippen MR) is 57.9 cm³/mol. The molecule has 0 unspecified atom stereocenters. The number of hydrogen-bond acceptors (Lipinski definition) is 6. The van der Waals surface area contributed by atoms with Crippen LogP contribution in [0.25, 0.3) is 10.7 Å². The third-order valence-electron chi connectivity index (χ3n) is 1.81. The Morgan fingerprint density at radius 3 is 3.19 bits per heavy atom. The van der Waals surface area contributed by atoms with Gasteiger partial charge < -0.3 is 9.26 Å². The normalized spacial score (nSPS) is 10.3. The molecule has 0 radical (unpaired) electrons. The second-order valence-corrected chi connectivity index (χ2v) is 3.92. The van der Waals surface area contributed by atoms with Gasteiger partial charge in [0.1, 0.15) is 6.42 Å². The summed E-state index contributed by atoms with van der Waals surface area (Å²) in [5.41, 5.74) is 0. The molecule has 5 nitrogen and oxygen atoms in total. The van der Waals surface area contributed by atoms with Crippen molar-refractivity contribution in [2.45, 2.75) is 13.3 Å². The first-order valence-corrected chi connectivity index (χ1v) is 5.69. The fourth-order valence-electron chi connectivity index (χ4n) is 1.17. The van der Waals surface area contributed by atoms with E-state index in [9.17, 15) is 4.79 Å². The summed E-state index contributed by atoms with van der Waals surface area (Å²) in [6.45, 7) is 2.10. The van der Waals surface area contributed by atoms with Crippen LogP contribution in [0.3, 0.4) is 0 Å². The molecule has 0 N–H and O–H groups in total. The highest BCUT2D eigenvalue weighted by molar-refractivity contribution is 7.13. The van der Waals surface area contributed by atoms with Crippen LogP contribution in [0, 0.1) is 0 Å². The third-order valence-corrected chi connectivity index (χ3v) is 2.68. The molecule has 2 aromatic heterocycles. The maximum absolute atomic E-state index is 11.2. The molecule has 84 valence electrons. The number of carbonyl (C=O) groups is 1. The Labute approximate surface area is 96.0 Å². The summed E-state index contributed by atoms with van der Waals surface area (Å²) in [6, 6.07) is 3.80. The number of nitrogens with zero attached hydrogens (tertiary/aromatic N) is 2. The van der Waals surface area contributed by atoms with Crippen LogP contribution in [0.15, 0.2) is 22.0 Å². The molecule has 6 heteroatoms. The van der Waals surface area contributed by atoms with E-state index >= 15 is 0 Å². The zero-order valence-electron chi connectivity index (χ0n) is 8.67. The number of aromatic nitrogens is 2. The monoisotopic (exact) mass is 238 g/mol. The molecule has 0 fully saturated rings. The van der Waals surface area contributed by atoms with Crippen LogP contribution in [0.2, 0.25) is 0 Å². The van der Waals surface area contributed by atoms with Gasteiger partial charge in [0.15, 0.2) is 0 Å². The van der Waals surface area contributed by atoms with Gasteiger partial charge in [0.25, 0.3) is 0 Å². The van der Waals surface area contributed by atoms with Crippen LogP contribution in [0.4, 0.5) is 0 Å². The maximum atomic E-state index is 11.2. The van der Waals surface area contributed by atoms with E-state index in [0.29, 0.717) is 12.4 Å². The maximum Gasteiger partial charge on any atom is 0.315 e. The van der Waals surface area contributed by atoms with Gasteiger partial charge in [-0.05, 0) is 18.4 Å². The van der Waals surface area contributed by atoms with E-state index in [0.717, 1.165) is 4.88 Å². The van der Waals surface area contributed by atoms with Gasteiger partial charge in [0.2, 0.25) is 11.7 Å². The number of carbonyl (C=O) groups excluding carboxylic acids is 1. The zero-order chi connectivity index (χ0) is 11.4. The summed E-state index contributed by atoms with van der Waals surface area (Å²) >= 11 is 1.52. The van der Waals surface area contributed by atoms with E-state index in [2.05, 4.69) is 10.1 Å². The van der Waals surface area contributed by atoms with Crippen molar-refractivity contribution >= 4 is 17.3 Å². The average molecular weight is 238 g/mol. The highest BCUT2D eigenvalue weighted by Gasteiger charge is 2.13. The van der Waals surface area contributed by atoms with E-state index in [4.69, 9.17) is 9.26 Å². The molecule has 2 rings (SSSR count). The van der Waals surface area contributed by atoms with Crippen LogP contribution >= 0.6 is 11.3 Å². The Morgan fingerprint density at radius 1 is 1.62 bits per heavy atom. The molecule has 0 aliphatic carbocycles. The van der Waals surface area contributed by atoms with Crippen LogP contribution in [0.5, 0.6) is 0 Å². The quantitative estimate of drug-likeness (QED) is 0.761. The molecule has 2 aromatic rings. The van der Waals surface area contributed by atoms with Gasteiger partial charge in [-0.3, -0.25) is 4.79 Å². The molecule has 0 aliphatic heterocycles. The van der Waals surface area contributed by atoms with Gasteiger partial charge in [0, 0.05) is 0 Å². The summed E-state index contributed by atoms with van der Waals surface area (Å²) in [4.78, 5) is 16.2. The molecule has 0 saturated carbocycles. The summed E-state index contributed by atoms with van der Waals surface area (Å²) in [5.74, 6) is 0.431. The van der Waals surface area contributed by atoms with Gasteiger partial charge in [-0.2, -0.15) is 4.98 Å². The van der Waals surface area contributed by atoms with Crippen LogP contribution in [-0.4, -0.2) is 22.7 Å². The van der Waals surface area contributed by atoms with Gasteiger partial charge in [-0.25, -0.2) is 0 Å². The minimum atomic E-state index is -0.358. The van der Waals surface area contributed by atoms with Crippen molar-refractivity contribution in [1.29, 1.82) is 0 Å². The molecular formula is C10H10N2O3S. The molecule has 16 heavy (non-hydrogen) atoms. The Kier molecular flexibility index (Phi) is 3.31. The molecule has 2 heterocycles. The van der Waals surface area contributed by atoms with E-state index < -0.39 is 0 Å². The molecule has 0 spiro atoms. The van der Waals surface area contributed by atoms with Crippen molar-refractivity contribution in [3.63, 3.8) is 0 Å². The fraction of sp³-hybridized carbons (Fsp3) is 0.300. The van der Waals surface area contributed by atoms with Crippen molar-refractivity contribution in [2.24, 2.45) is 0 Å². The summed E-state index contributed by atoms with van der Waals surface area (Å²) in [7, 11) is 0. The van der Waals surface area contributed by atoms with Crippen LogP contribution in [-0.2, 0) is 16.0 Å². The molecular weight excluding hydrogens is 228 g/mol. The Balaban J connectivity index is 2.06. The van der Waals surface area contributed by atoms with Crippen LogP contribution in [0.1, 0.15) is 12.8 Å². The standard InChI is InChI=1S/C10H10N2O3S/c1-2-14-9(13)6-8-11-10(12-15-8)7-4-3-5-16-7/h3-5H,2,6H2,1H3. The highest BCUT2D eigenvalue weighted by Crippen LogP contribution is 2.21. The SMILES string of the molecule is CCOC(=O)Cc1nc(-c2cccs2)no1.